The maximum atomic E-state index is 11.9. The molecule has 0 saturated carbocycles. The highest BCUT2D eigenvalue weighted by molar-refractivity contribution is 5.82. The minimum atomic E-state index is -1.04. The third-order valence-corrected chi connectivity index (χ3v) is 4.10. The SMILES string of the molecule is O=C(O)CNC(=O)CN1CCCC1c1cccc2c1OCCO2. The van der Waals surface area contributed by atoms with Crippen LogP contribution in [0.5, 0.6) is 11.5 Å². The van der Waals surface area contributed by atoms with Gasteiger partial charge in [-0.15, -0.1) is 0 Å². The zero-order valence-electron chi connectivity index (χ0n) is 12.8. The lowest BCUT2D eigenvalue weighted by Gasteiger charge is -2.28. The second kappa shape index (κ2) is 6.87. The van der Waals surface area contributed by atoms with Crippen LogP contribution in [0.1, 0.15) is 24.4 Å². The number of nitrogens with zero attached hydrogens (tertiary/aromatic N) is 1. The molecule has 1 fully saturated rings. The van der Waals surface area contributed by atoms with Gasteiger partial charge in [0.15, 0.2) is 11.5 Å². The third kappa shape index (κ3) is 3.56. The molecular weight excluding hydrogens is 300 g/mol. The first-order valence-corrected chi connectivity index (χ1v) is 7.76. The highest BCUT2D eigenvalue weighted by Gasteiger charge is 2.31. The van der Waals surface area contributed by atoms with Crippen molar-refractivity contribution in [3.8, 4) is 11.5 Å². The Labute approximate surface area is 134 Å². The predicted molar refractivity (Wildman–Crippen MR) is 81.6 cm³/mol. The van der Waals surface area contributed by atoms with Crippen molar-refractivity contribution in [3.63, 3.8) is 0 Å². The highest BCUT2D eigenvalue weighted by Crippen LogP contribution is 2.42. The molecular formula is C16H20N2O5. The lowest BCUT2D eigenvalue weighted by atomic mass is 10.0. The number of carboxylic acids is 1. The predicted octanol–water partition coefficient (Wildman–Crippen LogP) is 0.795. The number of rotatable bonds is 5. The summed E-state index contributed by atoms with van der Waals surface area (Å²) in [7, 11) is 0. The molecule has 1 saturated heterocycles. The molecule has 0 radical (unpaired) electrons. The van der Waals surface area contributed by atoms with E-state index in [2.05, 4.69) is 10.2 Å². The number of fused-ring (bicyclic) bond motifs is 1. The Bertz CT molecular complexity index is 604. The summed E-state index contributed by atoms with van der Waals surface area (Å²) in [5, 5.41) is 11.0. The second-order valence-electron chi connectivity index (χ2n) is 5.67. The summed E-state index contributed by atoms with van der Waals surface area (Å²) >= 11 is 0. The van der Waals surface area contributed by atoms with Crippen LogP contribution in [0, 0.1) is 0 Å². The van der Waals surface area contributed by atoms with Crippen molar-refractivity contribution in [3.05, 3.63) is 23.8 Å². The number of hydrogen-bond donors (Lipinski definition) is 2. The van der Waals surface area contributed by atoms with Gasteiger partial charge < -0.3 is 19.9 Å². The Kier molecular flexibility index (Phi) is 4.66. The normalized spacial score (nSPS) is 20.3. The fourth-order valence-corrected chi connectivity index (χ4v) is 3.14. The van der Waals surface area contributed by atoms with Gasteiger partial charge in [-0.1, -0.05) is 12.1 Å². The number of benzene rings is 1. The van der Waals surface area contributed by atoms with Crippen LogP contribution in [-0.4, -0.2) is 54.7 Å². The molecule has 1 aromatic rings. The summed E-state index contributed by atoms with van der Waals surface area (Å²) in [4.78, 5) is 24.5. The fourth-order valence-electron chi connectivity index (χ4n) is 3.14. The van der Waals surface area contributed by atoms with Gasteiger partial charge in [0.25, 0.3) is 0 Å². The molecule has 0 spiro atoms. The van der Waals surface area contributed by atoms with Crippen LogP contribution >= 0.6 is 0 Å². The van der Waals surface area contributed by atoms with E-state index < -0.39 is 5.97 Å². The first-order valence-electron chi connectivity index (χ1n) is 7.76. The molecule has 23 heavy (non-hydrogen) atoms. The largest absolute Gasteiger partial charge is 0.486 e. The van der Waals surface area contributed by atoms with Crippen molar-refractivity contribution in [1.29, 1.82) is 0 Å². The zero-order valence-corrected chi connectivity index (χ0v) is 12.8. The molecule has 2 heterocycles. The smallest absolute Gasteiger partial charge is 0.322 e. The first-order chi connectivity index (χ1) is 11.1. The van der Waals surface area contributed by atoms with E-state index in [1.54, 1.807) is 0 Å². The van der Waals surface area contributed by atoms with Gasteiger partial charge in [-0.05, 0) is 25.5 Å². The van der Waals surface area contributed by atoms with Gasteiger partial charge in [0.1, 0.15) is 19.8 Å². The summed E-state index contributed by atoms with van der Waals surface area (Å²) in [6.07, 6.45) is 1.92. The molecule has 1 unspecified atom stereocenters. The van der Waals surface area contributed by atoms with Gasteiger partial charge in [0.2, 0.25) is 5.91 Å². The lowest BCUT2D eigenvalue weighted by Crippen LogP contribution is -2.39. The Morgan fingerprint density at radius 1 is 1.30 bits per heavy atom. The van der Waals surface area contributed by atoms with E-state index >= 15 is 0 Å². The summed E-state index contributed by atoms with van der Waals surface area (Å²) in [6.45, 7) is 1.70. The van der Waals surface area contributed by atoms with E-state index in [1.807, 2.05) is 18.2 Å². The second-order valence-corrected chi connectivity index (χ2v) is 5.67. The monoisotopic (exact) mass is 320 g/mol. The summed E-state index contributed by atoms with van der Waals surface area (Å²) < 4.78 is 11.4. The third-order valence-electron chi connectivity index (χ3n) is 4.10. The van der Waals surface area contributed by atoms with E-state index in [0.29, 0.717) is 13.2 Å². The van der Waals surface area contributed by atoms with Gasteiger partial charge in [-0.25, -0.2) is 0 Å². The van der Waals surface area contributed by atoms with E-state index in [4.69, 9.17) is 14.6 Å². The molecule has 1 amide bonds. The van der Waals surface area contributed by atoms with Crippen LogP contribution in [0.3, 0.4) is 0 Å². The maximum Gasteiger partial charge on any atom is 0.322 e. The number of carboxylic acid groups (broad SMARTS) is 1. The number of para-hydroxylation sites is 1. The van der Waals surface area contributed by atoms with Gasteiger partial charge in [0, 0.05) is 11.6 Å². The van der Waals surface area contributed by atoms with Crippen LogP contribution in [0.15, 0.2) is 18.2 Å². The van der Waals surface area contributed by atoms with Crippen molar-refractivity contribution < 1.29 is 24.2 Å². The van der Waals surface area contributed by atoms with Crippen molar-refractivity contribution in [2.75, 3.05) is 32.8 Å². The molecule has 3 rings (SSSR count). The minimum Gasteiger partial charge on any atom is -0.486 e. The number of hydrogen-bond acceptors (Lipinski definition) is 5. The molecule has 2 aliphatic rings. The van der Waals surface area contributed by atoms with Crippen LogP contribution in [0.25, 0.3) is 0 Å². The average molecular weight is 320 g/mol. The molecule has 1 atom stereocenters. The molecule has 0 aliphatic carbocycles. The van der Waals surface area contributed by atoms with Crippen molar-refractivity contribution in [2.24, 2.45) is 0 Å². The zero-order chi connectivity index (χ0) is 16.2. The molecule has 124 valence electrons. The van der Waals surface area contributed by atoms with Crippen LogP contribution in [0.2, 0.25) is 0 Å². The van der Waals surface area contributed by atoms with Gasteiger partial charge in [-0.3, -0.25) is 14.5 Å². The Morgan fingerprint density at radius 2 is 2.13 bits per heavy atom. The standard InChI is InChI=1S/C16H20N2O5/c19-14(17-9-15(20)21)10-18-6-2-4-12(18)11-3-1-5-13-16(11)23-8-7-22-13/h1,3,5,12H,2,4,6-10H2,(H,17,19)(H,20,21). The summed E-state index contributed by atoms with van der Waals surface area (Å²) in [6, 6.07) is 5.91. The van der Waals surface area contributed by atoms with E-state index in [0.717, 1.165) is 36.4 Å². The Hall–Kier alpha value is -2.28. The Morgan fingerprint density at radius 3 is 2.96 bits per heavy atom. The van der Waals surface area contributed by atoms with Gasteiger partial charge >= 0.3 is 5.97 Å². The van der Waals surface area contributed by atoms with Gasteiger partial charge in [-0.2, -0.15) is 0 Å². The molecule has 1 aromatic carbocycles. The fraction of sp³-hybridized carbons (Fsp3) is 0.500. The molecule has 7 heteroatoms. The maximum absolute atomic E-state index is 11.9. The van der Waals surface area contributed by atoms with Gasteiger partial charge in [0.05, 0.1) is 6.54 Å². The molecule has 2 aliphatic heterocycles. The number of carbonyl (C=O) groups excluding carboxylic acids is 1. The van der Waals surface area contributed by atoms with Crippen LogP contribution in [-0.2, 0) is 9.59 Å². The average Bonchev–Trinajstić information content (AvgIpc) is 3.00. The summed E-state index contributed by atoms with van der Waals surface area (Å²) in [5.74, 6) is 0.192. The van der Waals surface area contributed by atoms with Crippen LogP contribution in [0.4, 0.5) is 0 Å². The van der Waals surface area contributed by atoms with Crippen molar-refractivity contribution in [1.82, 2.24) is 10.2 Å². The van der Waals surface area contributed by atoms with E-state index in [1.165, 1.54) is 0 Å². The number of ether oxygens (including phenoxy) is 2. The quantitative estimate of drug-likeness (QED) is 0.834. The summed E-state index contributed by atoms with van der Waals surface area (Å²) in [5.41, 5.74) is 1.03. The van der Waals surface area contributed by atoms with E-state index in [-0.39, 0.29) is 25.0 Å². The molecule has 0 bridgehead atoms. The Balaban J connectivity index is 1.72. The number of aliphatic carboxylic acids is 1. The molecule has 2 N–H and O–H groups in total. The van der Waals surface area contributed by atoms with Crippen molar-refractivity contribution in [2.45, 2.75) is 18.9 Å². The molecule has 0 aromatic heterocycles. The topological polar surface area (TPSA) is 88.1 Å². The molecule has 7 nitrogen and oxygen atoms in total. The van der Waals surface area contributed by atoms with E-state index in [9.17, 15) is 9.59 Å². The minimum absolute atomic E-state index is 0.0854. The number of nitrogens with one attached hydrogen (secondary N) is 1. The first kappa shape index (κ1) is 15.6. The van der Waals surface area contributed by atoms with Crippen LogP contribution < -0.4 is 14.8 Å². The number of carbonyl (C=O) groups is 2. The lowest BCUT2D eigenvalue weighted by molar-refractivity contribution is -0.138. The van der Waals surface area contributed by atoms with Crippen molar-refractivity contribution >= 4 is 11.9 Å². The highest BCUT2D eigenvalue weighted by atomic mass is 16.6. The number of likely N-dealkylation sites (tertiary alicyclic amines) is 1. The number of amides is 1.